The third kappa shape index (κ3) is 5.47. The highest BCUT2D eigenvalue weighted by atomic mass is 16.5. The van der Waals surface area contributed by atoms with Gasteiger partial charge < -0.3 is 14.8 Å². The van der Waals surface area contributed by atoms with Gasteiger partial charge in [-0.15, -0.1) is 0 Å². The first-order chi connectivity index (χ1) is 13.1. The zero-order valence-corrected chi connectivity index (χ0v) is 16.7. The Kier molecular flexibility index (Phi) is 8.14. The van der Waals surface area contributed by atoms with Gasteiger partial charge in [-0.1, -0.05) is 44.2 Å². The van der Waals surface area contributed by atoms with E-state index >= 15 is 0 Å². The van der Waals surface area contributed by atoms with Crippen LogP contribution in [0.5, 0.6) is 11.5 Å². The molecule has 0 aromatic heterocycles. The number of carbonyl (C=O) groups is 1. The number of ether oxygens (including phenoxy) is 2. The molecule has 27 heavy (non-hydrogen) atoms. The highest BCUT2D eigenvalue weighted by molar-refractivity contribution is 5.83. The molecule has 1 amide bonds. The van der Waals surface area contributed by atoms with Crippen LogP contribution in [-0.4, -0.2) is 44.7 Å². The third-order valence-corrected chi connectivity index (χ3v) is 4.72. The molecule has 5 nitrogen and oxygen atoms in total. The molecule has 5 heteroatoms. The number of rotatable bonds is 10. The van der Waals surface area contributed by atoms with Crippen molar-refractivity contribution in [3.63, 3.8) is 0 Å². The number of hydrogen-bond donors (Lipinski definition) is 1. The molecule has 2 rings (SSSR count). The van der Waals surface area contributed by atoms with Crippen LogP contribution in [0.25, 0.3) is 0 Å². The molecule has 0 aliphatic carbocycles. The van der Waals surface area contributed by atoms with Crippen molar-refractivity contribution in [2.45, 2.75) is 26.3 Å². The molecule has 1 unspecified atom stereocenters. The second-order valence-electron chi connectivity index (χ2n) is 6.25. The number of methoxy groups -OCH3 is 2. The number of carbonyl (C=O) groups excluding carboxylic acids is 1. The summed E-state index contributed by atoms with van der Waals surface area (Å²) in [5, 5.41) is 3.09. The van der Waals surface area contributed by atoms with Crippen LogP contribution >= 0.6 is 0 Å². The molecule has 0 spiro atoms. The predicted octanol–water partition coefficient (Wildman–Crippen LogP) is 3.45. The van der Waals surface area contributed by atoms with Gasteiger partial charge in [0.1, 0.15) is 17.5 Å². The van der Waals surface area contributed by atoms with Crippen molar-refractivity contribution in [2.75, 3.05) is 33.9 Å². The summed E-state index contributed by atoms with van der Waals surface area (Å²) in [6, 6.07) is 15.3. The Morgan fingerprint density at radius 3 is 2.33 bits per heavy atom. The fraction of sp³-hybridized carbons (Fsp3) is 0.409. The molecular weight excluding hydrogens is 340 g/mol. The summed E-state index contributed by atoms with van der Waals surface area (Å²) >= 11 is 0. The number of likely N-dealkylation sites (N-methyl/N-ethyl adjacent to an activating group) is 1. The van der Waals surface area contributed by atoms with Gasteiger partial charge in [0.25, 0.3) is 0 Å². The molecule has 0 saturated heterocycles. The molecule has 2 aromatic rings. The maximum absolute atomic E-state index is 13.0. The van der Waals surface area contributed by atoms with E-state index in [4.69, 9.17) is 9.47 Å². The number of nitrogens with one attached hydrogen (secondary N) is 1. The quantitative estimate of drug-likeness (QED) is 0.696. The SMILES string of the molecule is CCN(CC)C(C(=O)NCCc1cc(OC)ccc1OC)c1ccccc1. The minimum Gasteiger partial charge on any atom is -0.497 e. The van der Waals surface area contributed by atoms with Crippen molar-refractivity contribution in [1.82, 2.24) is 10.2 Å². The molecule has 0 radical (unpaired) electrons. The molecular formula is C22H30N2O3. The summed E-state index contributed by atoms with van der Waals surface area (Å²) in [7, 11) is 3.29. The second-order valence-corrected chi connectivity index (χ2v) is 6.25. The summed E-state index contributed by atoms with van der Waals surface area (Å²) in [6.45, 7) is 6.31. The fourth-order valence-corrected chi connectivity index (χ4v) is 3.25. The van der Waals surface area contributed by atoms with Gasteiger partial charge in [-0.05, 0) is 48.8 Å². The van der Waals surface area contributed by atoms with Crippen LogP contribution in [0.1, 0.15) is 31.0 Å². The van der Waals surface area contributed by atoms with E-state index in [0.29, 0.717) is 13.0 Å². The largest absolute Gasteiger partial charge is 0.497 e. The molecule has 2 aromatic carbocycles. The summed E-state index contributed by atoms with van der Waals surface area (Å²) in [5.41, 5.74) is 2.02. The van der Waals surface area contributed by atoms with E-state index in [1.807, 2.05) is 48.5 Å². The van der Waals surface area contributed by atoms with Crippen LogP contribution < -0.4 is 14.8 Å². The Morgan fingerprint density at radius 2 is 1.74 bits per heavy atom. The third-order valence-electron chi connectivity index (χ3n) is 4.72. The number of hydrogen-bond acceptors (Lipinski definition) is 4. The van der Waals surface area contributed by atoms with E-state index in [0.717, 1.165) is 35.7 Å². The van der Waals surface area contributed by atoms with Crippen molar-refractivity contribution in [2.24, 2.45) is 0 Å². The number of benzene rings is 2. The Balaban J connectivity index is 2.08. The molecule has 1 N–H and O–H groups in total. The summed E-state index contributed by atoms with van der Waals surface area (Å²) < 4.78 is 10.7. The van der Waals surface area contributed by atoms with E-state index < -0.39 is 0 Å². The molecule has 0 aliphatic rings. The van der Waals surface area contributed by atoms with E-state index in [2.05, 4.69) is 24.1 Å². The number of nitrogens with zero attached hydrogens (tertiary/aromatic N) is 1. The lowest BCUT2D eigenvalue weighted by atomic mass is 10.0. The maximum atomic E-state index is 13.0. The molecule has 0 aliphatic heterocycles. The average molecular weight is 370 g/mol. The van der Waals surface area contributed by atoms with Crippen molar-refractivity contribution in [1.29, 1.82) is 0 Å². The Morgan fingerprint density at radius 1 is 1.04 bits per heavy atom. The molecule has 0 saturated carbocycles. The van der Waals surface area contributed by atoms with Gasteiger partial charge in [0.2, 0.25) is 5.91 Å². The average Bonchev–Trinajstić information content (AvgIpc) is 2.72. The maximum Gasteiger partial charge on any atom is 0.241 e. The van der Waals surface area contributed by atoms with Crippen molar-refractivity contribution in [3.05, 3.63) is 59.7 Å². The van der Waals surface area contributed by atoms with Gasteiger partial charge >= 0.3 is 0 Å². The van der Waals surface area contributed by atoms with Gasteiger partial charge in [-0.3, -0.25) is 9.69 Å². The lowest BCUT2D eigenvalue weighted by molar-refractivity contribution is -0.126. The predicted molar refractivity (Wildman–Crippen MR) is 108 cm³/mol. The van der Waals surface area contributed by atoms with Crippen LogP contribution in [-0.2, 0) is 11.2 Å². The summed E-state index contributed by atoms with van der Waals surface area (Å²) in [4.78, 5) is 15.1. The summed E-state index contributed by atoms with van der Waals surface area (Å²) in [6.07, 6.45) is 0.672. The van der Waals surface area contributed by atoms with Crippen molar-refractivity contribution < 1.29 is 14.3 Å². The van der Waals surface area contributed by atoms with Gasteiger partial charge in [0.05, 0.1) is 14.2 Å². The van der Waals surface area contributed by atoms with Crippen molar-refractivity contribution >= 4 is 5.91 Å². The first-order valence-corrected chi connectivity index (χ1v) is 9.42. The van der Waals surface area contributed by atoms with Gasteiger partial charge in [-0.2, -0.15) is 0 Å². The molecule has 146 valence electrons. The van der Waals surface area contributed by atoms with Crippen LogP contribution in [0.3, 0.4) is 0 Å². The second kappa shape index (κ2) is 10.6. The zero-order chi connectivity index (χ0) is 19.6. The fourth-order valence-electron chi connectivity index (χ4n) is 3.25. The van der Waals surface area contributed by atoms with E-state index in [-0.39, 0.29) is 11.9 Å². The number of amides is 1. The Labute approximate surface area is 162 Å². The van der Waals surface area contributed by atoms with Gasteiger partial charge in [0, 0.05) is 6.54 Å². The van der Waals surface area contributed by atoms with Crippen LogP contribution in [0.15, 0.2) is 48.5 Å². The van der Waals surface area contributed by atoms with E-state index in [9.17, 15) is 4.79 Å². The monoisotopic (exact) mass is 370 g/mol. The van der Waals surface area contributed by atoms with Gasteiger partial charge in [-0.25, -0.2) is 0 Å². The minimum atomic E-state index is -0.284. The molecule has 0 heterocycles. The highest BCUT2D eigenvalue weighted by Gasteiger charge is 2.25. The minimum absolute atomic E-state index is 0.0202. The zero-order valence-electron chi connectivity index (χ0n) is 16.7. The lowest BCUT2D eigenvalue weighted by Gasteiger charge is -2.29. The first kappa shape index (κ1) is 20.8. The van der Waals surface area contributed by atoms with Crippen LogP contribution in [0.4, 0.5) is 0 Å². The highest BCUT2D eigenvalue weighted by Crippen LogP contribution is 2.24. The van der Waals surface area contributed by atoms with Crippen molar-refractivity contribution in [3.8, 4) is 11.5 Å². The van der Waals surface area contributed by atoms with E-state index in [1.165, 1.54) is 0 Å². The topological polar surface area (TPSA) is 50.8 Å². The summed E-state index contributed by atoms with van der Waals surface area (Å²) in [5.74, 6) is 1.60. The molecule has 0 fully saturated rings. The molecule has 0 bridgehead atoms. The van der Waals surface area contributed by atoms with Gasteiger partial charge in [0.15, 0.2) is 0 Å². The normalized spacial score (nSPS) is 11.9. The smallest absolute Gasteiger partial charge is 0.241 e. The van der Waals surface area contributed by atoms with Crippen LogP contribution in [0, 0.1) is 0 Å². The van der Waals surface area contributed by atoms with Crippen LogP contribution in [0.2, 0.25) is 0 Å². The lowest BCUT2D eigenvalue weighted by Crippen LogP contribution is -2.41. The Hall–Kier alpha value is -2.53. The molecule has 1 atom stereocenters. The van der Waals surface area contributed by atoms with E-state index in [1.54, 1.807) is 14.2 Å². The first-order valence-electron chi connectivity index (χ1n) is 9.42. The standard InChI is InChI=1S/C22H30N2O3/c1-5-24(6-2)21(17-10-8-7-9-11-17)22(25)23-15-14-18-16-19(26-3)12-13-20(18)27-4/h7-13,16,21H,5-6,14-15H2,1-4H3,(H,23,25). The Bertz CT molecular complexity index is 715.